The van der Waals surface area contributed by atoms with Crippen molar-refractivity contribution < 1.29 is 9.53 Å². The zero-order chi connectivity index (χ0) is 23.1. The van der Waals surface area contributed by atoms with Gasteiger partial charge in [-0.05, 0) is 89.5 Å². The van der Waals surface area contributed by atoms with Crippen LogP contribution in [-0.4, -0.2) is 12.5 Å². The summed E-state index contributed by atoms with van der Waals surface area (Å²) >= 11 is 8.61. The number of hydrogen-bond donors (Lipinski definition) is 1. The second-order valence-electron chi connectivity index (χ2n) is 7.17. The van der Waals surface area contributed by atoms with Crippen LogP contribution in [0.25, 0.3) is 6.08 Å². The number of hydrogen-bond acceptors (Lipinski definition) is 3. The lowest BCUT2D eigenvalue weighted by Crippen LogP contribution is -2.13. The molecule has 0 saturated carbocycles. The summed E-state index contributed by atoms with van der Waals surface area (Å²) in [5, 5.41) is 13.1. The Kier molecular flexibility index (Phi) is 8.32. The van der Waals surface area contributed by atoms with Crippen LogP contribution in [0.3, 0.4) is 0 Å². The summed E-state index contributed by atoms with van der Waals surface area (Å²) in [7, 11) is 0. The first-order valence-electron chi connectivity index (χ1n) is 10.1. The van der Waals surface area contributed by atoms with Gasteiger partial charge in [-0.15, -0.1) is 0 Å². The molecular formula is C26H22ClIN2O2. The van der Waals surface area contributed by atoms with Crippen molar-refractivity contribution in [1.29, 1.82) is 5.26 Å². The van der Waals surface area contributed by atoms with E-state index in [1.807, 2.05) is 74.5 Å². The number of halogens is 2. The molecule has 32 heavy (non-hydrogen) atoms. The van der Waals surface area contributed by atoms with Gasteiger partial charge >= 0.3 is 0 Å². The third kappa shape index (κ3) is 6.12. The minimum atomic E-state index is -0.453. The van der Waals surface area contributed by atoms with E-state index in [9.17, 15) is 10.1 Å². The minimum absolute atomic E-state index is 0.0172. The molecule has 0 radical (unpaired) electrons. The van der Waals surface area contributed by atoms with Crippen molar-refractivity contribution in [2.24, 2.45) is 0 Å². The number of nitrogens with zero attached hydrogens (tertiary/aromatic N) is 1. The van der Waals surface area contributed by atoms with E-state index in [2.05, 4.69) is 27.9 Å². The highest BCUT2D eigenvalue weighted by Gasteiger charge is 2.15. The SMILES string of the molecule is CCOc1cc(/C=C(\C#N)C(=O)Nc2cccc(C)c2)cc(I)c1Cc1ccccc1Cl. The molecule has 0 aliphatic rings. The molecule has 0 saturated heterocycles. The van der Waals surface area contributed by atoms with Gasteiger partial charge < -0.3 is 10.1 Å². The van der Waals surface area contributed by atoms with Gasteiger partial charge in [0.25, 0.3) is 5.91 Å². The van der Waals surface area contributed by atoms with Crippen molar-refractivity contribution in [3.8, 4) is 11.8 Å². The van der Waals surface area contributed by atoms with Gasteiger partial charge in [-0.2, -0.15) is 5.26 Å². The maximum Gasteiger partial charge on any atom is 0.266 e. The van der Waals surface area contributed by atoms with Crippen LogP contribution in [0.1, 0.15) is 29.2 Å². The number of anilines is 1. The number of rotatable bonds is 7. The molecule has 3 rings (SSSR count). The van der Waals surface area contributed by atoms with Crippen molar-refractivity contribution >= 4 is 51.9 Å². The molecule has 0 aliphatic carbocycles. The first-order valence-corrected chi connectivity index (χ1v) is 11.6. The van der Waals surface area contributed by atoms with Gasteiger partial charge in [0.2, 0.25) is 0 Å². The lowest BCUT2D eigenvalue weighted by Gasteiger charge is -2.15. The van der Waals surface area contributed by atoms with E-state index in [1.165, 1.54) is 0 Å². The third-order valence-electron chi connectivity index (χ3n) is 4.75. The van der Waals surface area contributed by atoms with Crippen molar-refractivity contribution in [3.05, 3.63) is 97.1 Å². The number of nitrogens with one attached hydrogen (secondary N) is 1. The van der Waals surface area contributed by atoms with Gasteiger partial charge in [0, 0.05) is 26.3 Å². The molecule has 0 atom stereocenters. The Labute approximate surface area is 207 Å². The Morgan fingerprint density at radius 2 is 1.97 bits per heavy atom. The maximum atomic E-state index is 12.7. The monoisotopic (exact) mass is 556 g/mol. The van der Waals surface area contributed by atoms with Crippen molar-refractivity contribution in [2.75, 3.05) is 11.9 Å². The van der Waals surface area contributed by atoms with E-state index in [4.69, 9.17) is 16.3 Å². The smallest absolute Gasteiger partial charge is 0.266 e. The van der Waals surface area contributed by atoms with E-state index in [1.54, 1.807) is 12.1 Å². The van der Waals surface area contributed by atoms with E-state index in [0.29, 0.717) is 29.5 Å². The Morgan fingerprint density at radius 1 is 1.19 bits per heavy atom. The molecule has 0 bridgehead atoms. The number of carbonyl (C=O) groups is 1. The lowest BCUT2D eigenvalue weighted by molar-refractivity contribution is -0.112. The molecular weight excluding hydrogens is 535 g/mol. The van der Waals surface area contributed by atoms with Crippen LogP contribution in [0.4, 0.5) is 5.69 Å². The Balaban J connectivity index is 1.92. The lowest BCUT2D eigenvalue weighted by atomic mass is 10.0. The first-order chi connectivity index (χ1) is 15.4. The highest BCUT2D eigenvalue weighted by Crippen LogP contribution is 2.31. The zero-order valence-corrected chi connectivity index (χ0v) is 20.7. The Morgan fingerprint density at radius 3 is 2.66 bits per heavy atom. The second-order valence-corrected chi connectivity index (χ2v) is 8.74. The topological polar surface area (TPSA) is 62.1 Å². The number of carbonyl (C=O) groups excluding carboxylic acids is 1. The highest BCUT2D eigenvalue weighted by atomic mass is 127. The maximum absolute atomic E-state index is 12.7. The van der Waals surface area contributed by atoms with Crippen LogP contribution in [0.2, 0.25) is 5.02 Å². The summed E-state index contributed by atoms with van der Waals surface area (Å²) < 4.78 is 6.86. The third-order valence-corrected chi connectivity index (χ3v) is 6.09. The number of ether oxygens (including phenoxy) is 1. The molecule has 0 spiro atoms. The van der Waals surface area contributed by atoms with Crippen molar-refractivity contribution in [2.45, 2.75) is 20.3 Å². The van der Waals surface area contributed by atoms with Gasteiger partial charge in [0.15, 0.2) is 0 Å². The Hall–Kier alpha value is -2.82. The van der Waals surface area contributed by atoms with Crippen molar-refractivity contribution in [3.63, 3.8) is 0 Å². The number of benzene rings is 3. The van der Waals surface area contributed by atoms with E-state index >= 15 is 0 Å². The molecule has 6 heteroatoms. The summed E-state index contributed by atoms with van der Waals surface area (Å²) in [5.74, 6) is 0.258. The molecule has 1 amide bonds. The molecule has 4 nitrogen and oxygen atoms in total. The molecule has 0 aliphatic heterocycles. The zero-order valence-electron chi connectivity index (χ0n) is 17.8. The largest absolute Gasteiger partial charge is 0.494 e. The van der Waals surface area contributed by atoms with E-state index in [-0.39, 0.29) is 5.57 Å². The van der Waals surface area contributed by atoms with Crippen LogP contribution in [0.5, 0.6) is 5.75 Å². The number of amides is 1. The molecule has 3 aromatic carbocycles. The first kappa shape index (κ1) is 23.8. The second kappa shape index (κ2) is 11.2. The van der Waals surface area contributed by atoms with Crippen LogP contribution < -0.4 is 10.1 Å². The van der Waals surface area contributed by atoms with Crippen LogP contribution in [-0.2, 0) is 11.2 Å². The molecule has 0 aromatic heterocycles. The summed E-state index contributed by atoms with van der Waals surface area (Å²) in [4.78, 5) is 12.7. The predicted molar refractivity (Wildman–Crippen MR) is 138 cm³/mol. The number of nitriles is 1. The van der Waals surface area contributed by atoms with E-state index in [0.717, 1.165) is 25.8 Å². The predicted octanol–water partition coefficient (Wildman–Crippen LogP) is 6.79. The van der Waals surface area contributed by atoms with Gasteiger partial charge in [0.1, 0.15) is 17.4 Å². The van der Waals surface area contributed by atoms with Gasteiger partial charge in [-0.25, -0.2) is 0 Å². The summed E-state index contributed by atoms with van der Waals surface area (Å²) in [6.45, 7) is 4.36. The summed E-state index contributed by atoms with van der Waals surface area (Å²) in [6.07, 6.45) is 2.20. The summed E-state index contributed by atoms with van der Waals surface area (Å²) in [6, 6.07) is 21.0. The molecule has 0 heterocycles. The average Bonchev–Trinajstić information content (AvgIpc) is 2.75. The van der Waals surface area contributed by atoms with Gasteiger partial charge in [-0.3, -0.25) is 4.79 Å². The van der Waals surface area contributed by atoms with Crippen LogP contribution >= 0.6 is 34.2 Å². The van der Waals surface area contributed by atoms with Gasteiger partial charge in [-0.1, -0.05) is 41.9 Å². The summed E-state index contributed by atoms with van der Waals surface area (Å²) in [5.41, 5.74) is 4.43. The average molecular weight is 557 g/mol. The number of aryl methyl sites for hydroxylation is 1. The quantitative estimate of drug-likeness (QED) is 0.198. The molecule has 0 fully saturated rings. The standard InChI is InChI=1S/C26H22ClIN2O2/c1-3-32-25-14-18(13-24(28)22(25)15-19-8-4-5-10-23(19)27)12-20(16-29)26(31)30-21-9-6-7-17(2)11-21/h4-14H,3,15H2,1-2H3,(H,30,31)/b20-12+. The minimum Gasteiger partial charge on any atom is -0.494 e. The van der Waals surface area contributed by atoms with Crippen molar-refractivity contribution in [1.82, 2.24) is 0 Å². The molecule has 162 valence electrons. The van der Waals surface area contributed by atoms with Crippen LogP contribution in [0, 0.1) is 21.8 Å². The molecule has 1 N–H and O–H groups in total. The van der Waals surface area contributed by atoms with Gasteiger partial charge in [0.05, 0.1) is 6.61 Å². The normalized spacial score (nSPS) is 11.0. The molecule has 0 unspecified atom stereocenters. The fourth-order valence-corrected chi connectivity index (χ4v) is 4.26. The highest BCUT2D eigenvalue weighted by molar-refractivity contribution is 14.1. The van der Waals surface area contributed by atoms with Crippen LogP contribution in [0.15, 0.2) is 66.2 Å². The fourth-order valence-electron chi connectivity index (χ4n) is 3.24. The Bertz CT molecular complexity index is 1210. The molecule has 3 aromatic rings. The fraction of sp³-hybridized carbons (Fsp3) is 0.154. The van der Waals surface area contributed by atoms with E-state index < -0.39 is 5.91 Å².